The molecule has 4 unspecified atom stereocenters. The molecule has 0 bridgehead atoms. The van der Waals surface area contributed by atoms with Crippen molar-refractivity contribution in [2.45, 2.75) is 52.7 Å². The van der Waals surface area contributed by atoms with Crippen LogP contribution in [0.1, 0.15) is 40.5 Å². The second kappa shape index (κ2) is 6.41. The Labute approximate surface area is 132 Å². The molecule has 4 atom stereocenters. The molecular formula is C17H26O5. The number of esters is 2. The van der Waals surface area contributed by atoms with Gasteiger partial charge in [-0.25, -0.2) is 4.79 Å². The van der Waals surface area contributed by atoms with Gasteiger partial charge in [0.2, 0.25) is 0 Å². The molecule has 124 valence electrons. The van der Waals surface area contributed by atoms with Gasteiger partial charge >= 0.3 is 11.9 Å². The van der Waals surface area contributed by atoms with Crippen LogP contribution in [0.2, 0.25) is 0 Å². The Morgan fingerprint density at radius 1 is 1.18 bits per heavy atom. The number of carbonyl (C=O) groups excluding carboxylic acids is 2. The van der Waals surface area contributed by atoms with Gasteiger partial charge in [-0.3, -0.25) is 4.79 Å². The summed E-state index contributed by atoms with van der Waals surface area (Å²) in [6.07, 6.45) is 2.30. The Morgan fingerprint density at radius 2 is 1.77 bits per heavy atom. The van der Waals surface area contributed by atoms with E-state index in [2.05, 4.69) is 13.5 Å². The summed E-state index contributed by atoms with van der Waals surface area (Å²) in [6.45, 7) is 11.4. The number of fused-ring (bicyclic) bond motifs is 1. The third-order valence-electron chi connectivity index (χ3n) is 4.32. The summed E-state index contributed by atoms with van der Waals surface area (Å²) in [5, 5.41) is 0. The van der Waals surface area contributed by atoms with Crippen molar-refractivity contribution in [2.75, 3.05) is 13.2 Å². The number of rotatable bonds is 6. The first-order valence-electron chi connectivity index (χ1n) is 7.84. The van der Waals surface area contributed by atoms with E-state index in [0.717, 1.165) is 12.8 Å². The van der Waals surface area contributed by atoms with Crippen molar-refractivity contribution in [1.82, 2.24) is 0 Å². The molecule has 1 aliphatic carbocycles. The molecule has 0 spiro atoms. The van der Waals surface area contributed by atoms with Crippen LogP contribution in [0.15, 0.2) is 12.2 Å². The SMILES string of the molecule is C=C(C)C(=O)OCC(C)(C)COC(=O)C1CC2OC2CC1C. The standard InChI is InChI=1S/C17H26O5/c1-10(2)15(18)20-8-17(4,5)9-21-16(19)12-7-14-13(22-14)6-11(12)3/h11-14H,1,6-9H2,2-5H3. The molecule has 5 heteroatoms. The topological polar surface area (TPSA) is 65.1 Å². The van der Waals surface area contributed by atoms with Crippen LogP contribution in [0.25, 0.3) is 0 Å². The Hall–Kier alpha value is -1.36. The summed E-state index contributed by atoms with van der Waals surface area (Å²) in [4.78, 5) is 23.7. The van der Waals surface area contributed by atoms with E-state index in [1.807, 2.05) is 13.8 Å². The summed E-state index contributed by atoms with van der Waals surface area (Å²) in [7, 11) is 0. The normalized spacial score (nSPS) is 30.2. The predicted molar refractivity (Wildman–Crippen MR) is 81.1 cm³/mol. The highest BCUT2D eigenvalue weighted by atomic mass is 16.6. The van der Waals surface area contributed by atoms with Crippen LogP contribution < -0.4 is 0 Å². The zero-order valence-electron chi connectivity index (χ0n) is 13.9. The summed E-state index contributed by atoms with van der Waals surface area (Å²) in [6, 6.07) is 0. The van der Waals surface area contributed by atoms with Gasteiger partial charge < -0.3 is 14.2 Å². The molecule has 0 aromatic heterocycles. The highest BCUT2D eigenvalue weighted by Gasteiger charge is 2.49. The predicted octanol–water partition coefficient (Wildman–Crippen LogP) is 2.49. The molecule has 2 aliphatic rings. The molecule has 2 fully saturated rings. The van der Waals surface area contributed by atoms with Gasteiger partial charge in [-0.15, -0.1) is 0 Å². The molecule has 1 saturated carbocycles. The average molecular weight is 310 g/mol. The third-order valence-corrected chi connectivity index (χ3v) is 4.32. The van der Waals surface area contributed by atoms with E-state index in [1.54, 1.807) is 6.92 Å². The van der Waals surface area contributed by atoms with E-state index >= 15 is 0 Å². The highest BCUT2D eigenvalue weighted by molar-refractivity contribution is 5.86. The van der Waals surface area contributed by atoms with Gasteiger partial charge in [0.15, 0.2) is 0 Å². The van der Waals surface area contributed by atoms with Gasteiger partial charge in [-0.1, -0.05) is 27.4 Å². The van der Waals surface area contributed by atoms with Crippen LogP contribution in [-0.2, 0) is 23.8 Å². The maximum Gasteiger partial charge on any atom is 0.333 e. The van der Waals surface area contributed by atoms with Gasteiger partial charge in [-0.05, 0) is 25.7 Å². The van der Waals surface area contributed by atoms with E-state index in [9.17, 15) is 9.59 Å². The number of hydrogen-bond acceptors (Lipinski definition) is 5. The minimum absolute atomic E-state index is 0.0856. The summed E-state index contributed by atoms with van der Waals surface area (Å²) in [5.74, 6) is -0.379. The average Bonchev–Trinajstić information content (AvgIpc) is 3.19. The third kappa shape index (κ3) is 4.32. The first-order valence-corrected chi connectivity index (χ1v) is 7.84. The first kappa shape index (κ1) is 17.0. The van der Waals surface area contributed by atoms with Crippen LogP contribution in [0.3, 0.4) is 0 Å². The summed E-state index contributed by atoms with van der Waals surface area (Å²) >= 11 is 0. The molecule has 2 rings (SSSR count). The zero-order chi connectivity index (χ0) is 16.5. The lowest BCUT2D eigenvalue weighted by Gasteiger charge is -2.28. The number of hydrogen-bond donors (Lipinski definition) is 0. The maximum absolute atomic E-state index is 12.3. The monoisotopic (exact) mass is 310 g/mol. The fourth-order valence-corrected chi connectivity index (χ4v) is 2.73. The Balaban J connectivity index is 1.76. The molecule has 1 aliphatic heterocycles. The molecule has 0 radical (unpaired) electrons. The number of carbonyl (C=O) groups is 2. The molecule has 1 heterocycles. The van der Waals surface area contributed by atoms with E-state index < -0.39 is 11.4 Å². The van der Waals surface area contributed by atoms with Crippen molar-refractivity contribution < 1.29 is 23.8 Å². The largest absolute Gasteiger partial charge is 0.465 e. The Kier molecular flexibility index (Phi) is 4.95. The minimum Gasteiger partial charge on any atom is -0.465 e. The number of ether oxygens (including phenoxy) is 3. The summed E-state index contributed by atoms with van der Waals surface area (Å²) in [5.41, 5.74) is -0.0556. The maximum atomic E-state index is 12.3. The lowest BCUT2D eigenvalue weighted by Crippen LogP contribution is -2.34. The smallest absolute Gasteiger partial charge is 0.333 e. The second-order valence-electron chi connectivity index (χ2n) is 7.40. The van der Waals surface area contributed by atoms with Gasteiger partial charge in [0.25, 0.3) is 0 Å². The number of epoxide rings is 1. The van der Waals surface area contributed by atoms with Crippen molar-refractivity contribution >= 4 is 11.9 Å². The first-order chi connectivity index (χ1) is 10.2. The van der Waals surface area contributed by atoms with Crippen LogP contribution in [0.4, 0.5) is 0 Å². The molecule has 1 saturated heterocycles. The molecule has 0 aromatic carbocycles. The minimum atomic E-state index is -0.419. The Morgan fingerprint density at radius 3 is 2.41 bits per heavy atom. The van der Waals surface area contributed by atoms with Crippen molar-refractivity contribution in [3.63, 3.8) is 0 Å². The van der Waals surface area contributed by atoms with Crippen molar-refractivity contribution in [3.05, 3.63) is 12.2 Å². The van der Waals surface area contributed by atoms with Crippen molar-refractivity contribution in [1.29, 1.82) is 0 Å². The van der Waals surface area contributed by atoms with Crippen LogP contribution in [-0.4, -0.2) is 37.4 Å². The highest BCUT2D eigenvalue weighted by Crippen LogP contribution is 2.43. The van der Waals surface area contributed by atoms with Crippen LogP contribution in [0.5, 0.6) is 0 Å². The Bertz CT molecular complexity index is 468. The fourth-order valence-electron chi connectivity index (χ4n) is 2.73. The van der Waals surface area contributed by atoms with Crippen molar-refractivity contribution in [2.24, 2.45) is 17.3 Å². The van der Waals surface area contributed by atoms with E-state index in [1.165, 1.54) is 0 Å². The van der Waals surface area contributed by atoms with Gasteiger partial charge in [0, 0.05) is 11.0 Å². The van der Waals surface area contributed by atoms with E-state index in [-0.39, 0.29) is 31.2 Å². The lowest BCUT2D eigenvalue weighted by atomic mass is 9.80. The van der Waals surface area contributed by atoms with E-state index in [4.69, 9.17) is 14.2 Å². The van der Waals surface area contributed by atoms with Crippen LogP contribution in [0, 0.1) is 17.3 Å². The fraction of sp³-hybridized carbons (Fsp3) is 0.765. The molecule has 5 nitrogen and oxygen atoms in total. The molecule has 0 aromatic rings. The molecule has 22 heavy (non-hydrogen) atoms. The second-order valence-corrected chi connectivity index (χ2v) is 7.40. The zero-order valence-corrected chi connectivity index (χ0v) is 13.9. The molecule has 0 N–H and O–H groups in total. The van der Waals surface area contributed by atoms with Gasteiger partial charge in [0.1, 0.15) is 0 Å². The van der Waals surface area contributed by atoms with E-state index in [0.29, 0.717) is 17.6 Å². The van der Waals surface area contributed by atoms with Crippen molar-refractivity contribution in [3.8, 4) is 0 Å². The summed E-state index contributed by atoms with van der Waals surface area (Å²) < 4.78 is 16.1. The molecule has 0 amide bonds. The quantitative estimate of drug-likeness (QED) is 0.428. The van der Waals surface area contributed by atoms with Crippen LogP contribution >= 0.6 is 0 Å². The van der Waals surface area contributed by atoms with Gasteiger partial charge in [-0.2, -0.15) is 0 Å². The van der Waals surface area contributed by atoms with Gasteiger partial charge in [0.05, 0.1) is 31.3 Å². The lowest BCUT2D eigenvalue weighted by molar-refractivity contribution is -0.156. The molecular weight excluding hydrogens is 284 g/mol.